The van der Waals surface area contributed by atoms with Crippen LogP contribution in [0.15, 0.2) is 36.4 Å². The molecule has 0 atom stereocenters. The van der Waals surface area contributed by atoms with Crippen LogP contribution in [0.3, 0.4) is 0 Å². The van der Waals surface area contributed by atoms with Crippen molar-refractivity contribution in [3.05, 3.63) is 47.7 Å². The lowest BCUT2D eigenvalue weighted by atomic mass is 10.0. The molecule has 2 aliphatic heterocycles. The molecule has 0 spiro atoms. The number of hydrogen-bond acceptors (Lipinski definition) is 6. The lowest BCUT2D eigenvalue weighted by molar-refractivity contribution is 0.122. The van der Waals surface area contributed by atoms with Crippen molar-refractivity contribution >= 4 is 11.4 Å². The summed E-state index contributed by atoms with van der Waals surface area (Å²) < 4.78 is 5.48. The summed E-state index contributed by atoms with van der Waals surface area (Å²) in [6.45, 7) is 4.99. The molecule has 6 heteroatoms. The van der Waals surface area contributed by atoms with Gasteiger partial charge in [-0.2, -0.15) is 0 Å². The number of benzene rings is 1. The third kappa shape index (κ3) is 3.77. The van der Waals surface area contributed by atoms with Gasteiger partial charge in [-0.25, -0.2) is 9.97 Å². The molecule has 4 rings (SSSR count). The zero-order valence-electron chi connectivity index (χ0n) is 14.8. The molecule has 0 bridgehead atoms. The fraction of sp³-hybridized carbons (Fsp3) is 0.400. The largest absolute Gasteiger partial charge is 0.392 e. The number of nitrogens with zero attached hydrogens (tertiary/aromatic N) is 3. The number of aliphatic hydroxyl groups excluding tert-OH is 1. The molecule has 136 valence electrons. The predicted molar refractivity (Wildman–Crippen MR) is 102 cm³/mol. The Labute approximate surface area is 153 Å². The Bertz CT molecular complexity index is 800. The average Bonchev–Trinajstić information content (AvgIpc) is 2.75. The SMILES string of the molecule is OCc1cccc(-c2nc(C3=CCNCC3)cc(N3CCOCC3)n2)c1. The average molecular weight is 352 g/mol. The van der Waals surface area contributed by atoms with Gasteiger partial charge in [-0.05, 0) is 30.2 Å². The van der Waals surface area contributed by atoms with Crippen molar-refractivity contribution in [1.29, 1.82) is 0 Å². The fourth-order valence-corrected chi connectivity index (χ4v) is 3.35. The molecular weight excluding hydrogens is 328 g/mol. The minimum atomic E-state index is 0.0146. The second-order valence-electron chi connectivity index (χ2n) is 6.58. The van der Waals surface area contributed by atoms with Crippen molar-refractivity contribution in [3.63, 3.8) is 0 Å². The van der Waals surface area contributed by atoms with Gasteiger partial charge in [-0.15, -0.1) is 0 Å². The highest BCUT2D eigenvalue weighted by molar-refractivity contribution is 5.69. The first-order valence-corrected chi connectivity index (χ1v) is 9.15. The van der Waals surface area contributed by atoms with E-state index >= 15 is 0 Å². The van der Waals surface area contributed by atoms with Crippen LogP contribution in [0.1, 0.15) is 17.7 Å². The van der Waals surface area contributed by atoms with Crippen LogP contribution in [-0.2, 0) is 11.3 Å². The van der Waals surface area contributed by atoms with Crippen molar-refractivity contribution < 1.29 is 9.84 Å². The van der Waals surface area contributed by atoms with Crippen molar-refractivity contribution in [1.82, 2.24) is 15.3 Å². The zero-order chi connectivity index (χ0) is 17.8. The first-order chi connectivity index (χ1) is 12.8. The van der Waals surface area contributed by atoms with Gasteiger partial charge in [0.25, 0.3) is 0 Å². The molecule has 6 nitrogen and oxygen atoms in total. The lowest BCUT2D eigenvalue weighted by Crippen LogP contribution is -2.37. The number of morpholine rings is 1. The molecule has 2 N–H and O–H groups in total. The summed E-state index contributed by atoms with van der Waals surface area (Å²) in [5.41, 5.74) is 4.06. The van der Waals surface area contributed by atoms with Gasteiger partial charge in [0.1, 0.15) is 5.82 Å². The summed E-state index contributed by atoms with van der Waals surface area (Å²) in [6, 6.07) is 9.90. The zero-order valence-corrected chi connectivity index (χ0v) is 14.8. The summed E-state index contributed by atoms with van der Waals surface area (Å²) in [5.74, 6) is 1.65. The highest BCUT2D eigenvalue weighted by Gasteiger charge is 2.18. The molecule has 2 aromatic rings. The van der Waals surface area contributed by atoms with Gasteiger partial charge in [0.15, 0.2) is 5.82 Å². The maximum atomic E-state index is 9.45. The molecule has 1 aromatic carbocycles. The summed E-state index contributed by atoms with van der Waals surface area (Å²) in [6.07, 6.45) is 3.18. The predicted octanol–water partition coefficient (Wildman–Crippen LogP) is 1.85. The summed E-state index contributed by atoms with van der Waals surface area (Å²) in [7, 11) is 0. The van der Waals surface area contributed by atoms with Crippen LogP contribution in [0.25, 0.3) is 17.0 Å². The summed E-state index contributed by atoms with van der Waals surface area (Å²) in [4.78, 5) is 11.9. The maximum absolute atomic E-state index is 9.45. The molecular formula is C20H24N4O2. The van der Waals surface area contributed by atoms with E-state index < -0.39 is 0 Å². The van der Waals surface area contributed by atoms with E-state index in [1.807, 2.05) is 24.3 Å². The van der Waals surface area contributed by atoms with E-state index in [9.17, 15) is 5.11 Å². The third-order valence-electron chi connectivity index (χ3n) is 4.81. The monoisotopic (exact) mass is 352 g/mol. The van der Waals surface area contributed by atoms with E-state index in [0.29, 0.717) is 5.82 Å². The van der Waals surface area contributed by atoms with E-state index in [1.54, 1.807) is 0 Å². The van der Waals surface area contributed by atoms with Gasteiger partial charge in [0.2, 0.25) is 0 Å². The molecule has 0 radical (unpaired) electrons. The number of rotatable bonds is 4. The van der Waals surface area contributed by atoms with Gasteiger partial charge in [-0.3, -0.25) is 0 Å². The number of nitrogens with one attached hydrogen (secondary N) is 1. The molecule has 0 unspecified atom stereocenters. The van der Waals surface area contributed by atoms with E-state index in [4.69, 9.17) is 14.7 Å². The smallest absolute Gasteiger partial charge is 0.162 e. The Morgan fingerprint density at radius 1 is 1.15 bits per heavy atom. The van der Waals surface area contributed by atoms with Crippen molar-refractivity contribution in [2.45, 2.75) is 13.0 Å². The summed E-state index contributed by atoms with van der Waals surface area (Å²) in [5, 5.41) is 12.8. The Morgan fingerprint density at radius 2 is 2.04 bits per heavy atom. The normalized spacial score (nSPS) is 17.9. The van der Waals surface area contributed by atoms with Crippen LogP contribution >= 0.6 is 0 Å². The van der Waals surface area contributed by atoms with Gasteiger partial charge in [-0.1, -0.05) is 24.3 Å². The van der Waals surface area contributed by atoms with Crippen molar-refractivity contribution in [2.75, 3.05) is 44.3 Å². The molecule has 1 saturated heterocycles. The van der Waals surface area contributed by atoms with Crippen LogP contribution < -0.4 is 10.2 Å². The fourth-order valence-electron chi connectivity index (χ4n) is 3.35. The summed E-state index contributed by atoms with van der Waals surface area (Å²) >= 11 is 0. The second-order valence-corrected chi connectivity index (χ2v) is 6.58. The quantitative estimate of drug-likeness (QED) is 0.875. The molecule has 1 fully saturated rings. The topological polar surface area (TPSA) is 70.5 Å². The van der Waals surface area contributed by atoms with Crippen molar-refractivity contribution in [2.24, 2.45) is 0 Å². The van der Waals surface area contributed by atoms with Gasteiger partial charge < -0.3 is 20.1 Å². The van der Waals surface area contributed by atoms with E-state index in [0.717, 1.165) is 68.5 Å². The molecule has 0 saturated carbocycles. The Hall–Kier alpha value is -2.28. The molecule has 1 aromatic heterocycles. The number of hydrogen-bond donors (Lipinski definition) is 2. The maximum Gasteiger partial charge on any atom is 0.162 e. The Balaban J connectivity index is 1.77. The van der Waals surface area contributed by atoms with Crippen LogP contribution in [0.2, 0.25) is 0 Å². The Kier molecular flexibility index (Phi) is 5.24. The molecule has 0 aliphatic carbocycles. The van der Waals surface area contributed by atoms with Crippen LogP contribution in [0.5, 0.6) is 0 Å². The number of ether oxygens (including phenoxy) is 1. The first-order valence-electron chi connectivity index (χ1n) is 9.15. The molecule has 0 amide bonds. The van der Waals surface area contributed by atoms with Crippen molar-refractivity contribution in [3.8, 4) is 11.4 Å². The number of aliphatic hydroxyl groups is 1. The second kappa shape index (κ2) is 7.95. The highest BCUT2D eigenvalue weighted by Crippen LogP contribution is 2.26. The number of anilines is 1. The standard InChI is InChI=1S/C20H24N4O2/c25-14-15-2-1-3-17(12-15)20-22-18(16-4-6-21-7-5-16)13-19(23-20)24-8-10-26-11-9-24/h1-4,12-13,21,25H,5-11,14H2. The van der Waals surface area contributed by atoms with E-state index in [2.05, 4.69) is 22.4 Å². The Morgan fingerprint density at radius 3 is 2.81 bits per heavy atom. The van der Waals surface area contributed by atoms with Gasteiger partial charge in [0.05, 0.1) is 25.5 Å². The van der Waals surface area contributed by atoms with E-state index in [-0.39, 0.29) is 6.61 Å². The number of aromatic nitrogens is 2. The highest BCUT2D eigenvalue weighted by atomic mass is 16.5. The molecule has 2 aliphatic rings. The van der Waals surface area contributed by atoms with Crippen LogP contribution in [0.4, 0.5) is 5.82 Å². The van der Waals surface area contributed by atoms with Gasteiger partial charge in [0, 0.05) is 31.3 Å². The first kappa shape index (κ1) is 17.1. The third-order valence-corrected chi connectivity index (χ3v) is 4.81. The minimum Gasteiger partial charge on any atom is -0.392 e. The molecule has 26 heavy (non-hydrogen) atoms. The van der Waals surface area contributed by atoms with Crippen LogP contribution in [0, 0.1) is 0 Å². The van der Waals surface area contributed by atoms with Gasteiger partial charge >= 0.3 is 0 Å². The minimum absolute atomic E-state index is 0.0146. The van der Waals surface area contributed by atoms with E-state index in [1.165, 1.54) is 5.57 Å². The van der Waals surface area contributed by atoms with Crippen LogP contribution in [-0.4, -0.2) is 54.5 Å². The molecule has 3 heterocycles. The lowest BCUT2D eigenvalue weighted by Gasteiger charge is -2.28.